The van der Waals surface area contributed by atoms with Gasteiger partial charge in [0, 0.05) is 19.1 Å². The molecule has 2 heterocycles. The van der Waals surface area contributed by atoms with E-state index in [0.717, 1.165) is 5.56 Å². The van der Waals surface area contributed by atoms with E-state index in [9.17, 15) is 13.5 Å². The van der Waals surface area contributed by atoms with Crippen LogP contribution in [0.3, 0.4) is 0 Å². The van der Waals surface area contributed by atoms with Crippen LogP contribution in [0.25, 0.3) is 0 Å². The topological polar surface area (TPSA) is 92.0 Å². The van der Waals surface area contributed by atoms with E-state index in [-0.39, 0.29) is 30.9 Å². The zero-order valence-corrected chi connectivity index (χ0v) is 15.5. The molecule has 2 atom stereocenters. The SMILES string of the molecule is C[C@@H]1COC[C@@](CO)(CNS(=O)(=O)c2ccco2)N1Cc1ccccc1. The van der Waals surface area contributed by atoms with Crippen molar-refractivity contribution in [1.82, 2.24) is 9.62 Å². The molecule has 1 aliphatic rings. The van der Waals surface area contributed by atoms with E-state index in [1.807, 2.05) is 37.3 Å². The number of rotatable bonds is 7. The normalized spacial score (nSPS) is 24.6. The van der Waals surface area contributed by atoms with Crippen molar-refractivity contribution in [2.45, 2.75) is 30.1 Å². The average molecular weight is 380 g/mol. The van der Waals surface area contributed by atoms with Gasteiger partial charge in [-0.2, -0.15) is 0 Å². The third kappa shape index (κ3) is 3.99. The number of morpholine rings is 1. The fourth-order valence-electron chi connectivity index (χ4n) is 3.23. The van der Waals surface area contributed by atoms with Crippen LogP contribution < -0.4 is 4.72 Å². The molecule has 1 aliphatic heterocycles. The first kappa shape index (κ1) is 19.1. The molecule has 1 saturated heterocycles. The van der Waals surface area contributed by atoms with Gasteiger partial charge in [-0.1, -0.05) is 30.3 Å². The average Bonchev–Trinajstić information content (AvgIpc) is 3.19. The van der Waals surface area contributed by atoms with Gasteiger partial charge >= 0.3 is 0 Å². The Morgan fingerprint density at radius 3 is 2.69 bits per heavy atom. The maximum atomic E-state index is 12.4. The van der Waals surface area contributed by atoms with Crippen LogP contribution in [-0.4, -0.2) is 56.4 Å². The molecule has 0 spiro atoms. The monoisotopic (exact) mass is 380 g/mol. The summed E-state index contributed by atoms with van der Waals surface area (Å²) in [5, 5.41) is 10.0. The molecule has 26 heavy (non-hydrogen) atoms. The van der Waals surface area contributed by atoms with Crippen LogP contribution in [0.15, 0.2) is 58.2 Å². The van der Waals surface area contributed by atoms with Crippen LogP contribution in [0.1, 0.15) is 12.5 Å². The number of hydrogen-bond donors (Lipinski definition) is 2. The Morgan fingerprint density at radius 2 is 2.04 bits per heavy atom. The molecule has 8 heteroatoms. The van der Waals surface area contributed by atoms with Gasteiger partial charge < -0.3 is 14.3 Å². The predicted molar refractivity (Wildman–Crippen MR) is 96.0 cm³/mol. The third-order valence-corrected chi connectivity index (χ3v) is 6.00. The zero-order valence-electron chi connectivity index (χ0n) is 14.7. The molecule has 2 N–H and O–H groups in total. The van der Waals surface area contributed by atoms with Crippen molar-refractivity contribution in [3.05, 3.63) is 54.3 Å². The van der Waals surface area contributed by atoms with Gasteiger partial charge in [-0.15, -0.1) is 0 Å². The van der Waals surface area contributed by atoms with Crippen LogP contribution in [0.5, 0.6) is 0 Å². The number of benzene rings is 1. The van der Waals surface area contributed by atoms with Crippen molar-refractivity contribution in [3.8, 4) is 0 Å². The molecule has 0 radical (unpaired) electrons. The number of aliphatic hydroxyl groups is 1. The van der Waals surface area contributed by atoms with E-state index < -0.39 is 15.6 Å². The van der Waals surface area contributed by atoms with Crippen molar-refractivity contribution in [1.29, 1.82) is 0 Å². The molecule has 0 amide bonds. The van der Waals surface area contributed by atoms with Crippen LogP contribution >= 0.6 is 0 Å². The Kier molecular flexibility index (Phi) is 5.79. The van der Waals surface area contributed by atoms with E-state index in [1.54, 1.807) is 0 Å². The molecule has 0 unspecified atom stereocenters. The largest absolute Gasteiger partial charge is 0.452 e. The predicted octanol–water partition coefficient (Wildman–Crippen LogP) is 1.21. The van der Waals surface area contributed by atoms with E-state index >= 15 is 0 Å². The van der Waals surface area contributed by atoms with Gasteiger partial charge in [0.2, 0.25) is 5.09 Å². The summed E-state index contributed by atoms with van der Waals surface area (Å²) in [5.74, 6) is 0. The summed E-state index contributed by atoms with van der Waals surface area (Å²) in [5.41, 5.74) is 0.237. The lowest BCUT2D eigenvalue weighted by atomic mass is 9.94. The maximum Gasteiger partial charge on any atom is 0.274 e. The molecular weight excluding hydrogens is 356 g/mol. The lowest BCUT2D eigenvalue weighted by Crippen LogP contribution is -2.66. The number of ether oxygens (including phenoxy) is 1. The molecule has 0 bridgehead atoms. The van der Waals surface area contributed by atoms with Gasteiger partial charge in [-0.25, -0.2) is 13.1 Å². The van der Waals surface area contributed by atoms with Crippen molar-refractivity contribution in [3.63, 3.8) is 0 Å². The fraction of sp³-hybridized carbons (Fsp3) is 0.444. The number of furan rings is 1. The zero-order chi connectivity index (χ0) is 18.6. The first-order valence-corrected chi connectivity index (χ1v) is 9.98. The molecule has 7 nitrogen and oxygen atoms in total. The highest BCUT2D eigenvalue weighted by Gasteiger charge is 2.43. The summed E-state index contributed by atoms with van der Waals surface area (Å²) in [4.78, 5) is 2.11. The highest BCUT2D eigenvalue weighted by Crippen LogP contribution is 2.27. The molecule has 0 aliphatic carbocycles. The molecule has 1 aromatic carbocycles. The highest BCUT2D eigenvalue weighted by atomic mass is 32.2. The van der Waals surface area contributed by atoms with E-state index in [4.69, 9.17) is 9.15 Å². The molecule has 1 aromatic heterocycles. The summed E-state index contributed by atoms with van der Waals surface area (Å²) >= 11 is 0. The highest BCUT2D eigenvalue weighted by molar-refractivity contribution is 7.89. The van der Waals surface area contributed by atoms with Crippen molar-refractivity contribution in [2.75, 3.05) is 26.4 Å². The minimum absolute atomic E-state index is 0.0176. The van der Waals surface area contributed by atoms with Crippen LogP contribution in [0.2, 0.25) is 0 Å². The Morgan fingerprint density at radius 1 is 1.27 bits per heavy atom. The standard InChI is InChI=1S/C18H24N2O5S/c1-15-11-24-14-18(13-21,20(15)10-16-6-3-2-4-7-16)12-19-26(22,23)17-8-5-9-25-17/h2-9,15,19,21H,10-14H2,1H3/t15-,18+/m1/s1. The van der Waals surface area contributed by atoms with E-state index in [2.05, 4.69) is 9.62 Å². The summed E-state index contributed by atoms with van der Waals surface area (Å²) < 4.78 is 38.0. The fourth-order valence-corrected chi connectivity index (χ4v) is 4.27. The van der Waals surface area contributed by atoms with E-state index in [1.165, 1.54) is 18.4 Å². The van der Waals surface area contributed by atoms with Crippen LogP contribution in [0, 0.1) is 0 Å². The third-order valence-electron chi connectivity index (χ3n) is 4.71. The Labute approximate surface area is 153 Å². The number of nitrogens with zero attached hydrogens (tertiary/aromatic N) is 1. The first-order chi connectivity index (χ1) is 12.5. The lowest BCUT2D eigenvalue weighted by molar-refractivity contribution is -0.120. The van der Waals surface area contributed by atoms with Gasteiger partial charge in [0.25, 0.3) is 10.0 Å². The smallest absolute Gasteiger partial charge is 0.274 e. The van der Waals surface area contributed by atoms with Crippen LogP contribution in [0.4, 0.5) is 0 Å². The molecule has 2 aromatic rings. The molecule has 142 valence electrons. The van der Waals surface area contributed by atoms with Crippen molar-refractivity contribution < 1.29 is 22.7 Å². The van der Waals surface area contributed by atoms with Gasteiger partial charge in [0.05, 0.1) is 31.6 Å². The second-order valence-corrected chi connectivity index (χ2v) is 8.31. The Balaban J connectivity index is 1.81. The number of sulfonamides is 1. The maximum absolute atomic E-state index is 12.4. The second kappa shape index (κ2) is 7.89. The van der Waals surface area contributed by atoms with Gasteiger partial charge in [-0.3, -0.25) is 4.90 Å². The minimum atomic E-state index is -3.79. The lowest BCUT2D eigenvalue weighted by Gasteiger charge is -2.49. The van der Waals surface area contributed by atoms with Crippen molar-refractivity contribution >= 4 is 10.0 Å². The summed E-state index contributed by atoms with van der Waals surface area (Å²) in [6.07, 6.45) is 1.31. The molecule has 1 fully saturated rings. The summed E-state index contributed by atoms with van der Waals surface area (Å²) in [6.45, 7) is 3.15. The molecular formula is C18H24N2O5S. The van der Waals surface area contributed by atoms with Crippen LogP contribution in [-0.2, 0) is 21.3 Å². The van der Waals surface area contributed by atoms with Crippen molar-refractivity contribution in [2.24, 2.45) is 0 Å². The Bertz CT molecular complexity index is 794. The van der Waals surface area contributed by atoms with Gasteiger partial charge in [0.1, 0.15) is 0 Å². The Hall–Kier alpha value is -1.71. The van der Waals surface area contributed by atoms with E-state index in [0.29, 0.717) is 13.2 Å². The van der Waals surface area contributed by atoms with Gasteiger partial charge in [-0.05, 0) is 24.6 Å². The number of nitrogens with one attached hydrogen (secondary N) is 1. The second-order valence-electron chi connectivity index (χ2n) is 6.62. The van der Waals surface area contributed by atoms with Gasteiger partial charge in [0.15, 0.2) is 0 Å². The minimum Gasteiger partial charge on any atom is -0.452 e. The molecule has 3 rings (SSSR count). The quantitative estimate of drug-likeness (QED) is 0.750. The number of aliphatic hydroxyl groups excluding tert-OH is 1. The summed E-state index contributed by atoms with van der Waals surface area (Å²) in [7, 11) is -3.79. The summed E-state index contributed by atoms with van der Waals surface area (Å²) in [6, 6.07) is 12.8. The molecule has 0 saturated carbocycles. The first-order valence-electron chi connectivity index (χ1n) is 8.49. The number of hydrogen-bond acceptors (Lipinski definition) is 6.